The van der Waals surface area contributed by atoms with Crippen LogP contribution in [0.5, 0.6) is 0 Å². The summed E-state index contributed by atoms with van der Waals surface area (Å²) < 4.78 is 57.5. The molecule has 0 aliphatic carbocycles. The number of imidazole rings is 1. The van der Waals surface area contributed by atoms with Gasteiger partial charge in [-0.3, -0.25) is 23.4 Å². The highest BCUT2D eigenvalue weighted by Crippen LogP contribution is 2.53. The number of rotatable bonds is 5. The van der Waals surface area contributed by atoms with Crippen molar-refractivity contribution >= 4 is 34.8 Å². The summed E-state index contributed by atoms with van der Waals surface area (Å²) in [5.41, 5.74) is 5.14. The van der Waals surface area contributed by atoms with E-state index in [1.165, 1.54) is 10.9 Å². The minimum Gasteiger partial charge on any atom is -0.370 e. The van der Waals surface area contributed by atoms with Crippen molar-refractivity contribution in [2.75, 3.05) is 31.0 Å². The molecule has 2 aromatic heterocycles. The van der Waals surface area contributed by atoms with Crippen molar-refractivity contribution in [3.63, 3.8) is 0 Å². The molecule has 2 aliphatic heterocycles. The minimum absolute atomic E-state index is 0.00226. The van der Waals surface area contributed by atoms with Gasteiger partial charge in [-0.25, -0.2) is 18.0 Å². The molecule has 2 aromatic rings. The summed E-state index contributed by atoms with van der Waals surface area (Å²) in [6.45, 7) is -0.459. The van der Waals surface area contributed by atoms with Gasteiger partial charge in [0.25, 0.3) is 5.56 Å². The van der Waals surface area contributed by atoms with Gasteiger partial charge < -0.3 is 20.1 Å². The second kappa shape index (κ2) is 7.12. The third-order valence-electron chi connectivity index (χ3n) is 4.43. The number of phosphoric ester groups is 1. The number of nitrogens with two attached hydrogens (primary N) is 1. The summed E-state index contributed by atoms with van der Waals surface area (Å²) in [5.74, 6) is -0.426. The third-order valence-corrected chi connectivity index (χ3v) is 6.33. The van der Waals surface area contributed by atoms with Gasteiger partial charge in [-0.05, 0) is 0 Å². The normalized spacial score (nSPS) is 32.5. The molecule has 4 N–H and O–H groups in total. The summed E-state index contributed by atoms with van der Waals surface area (Å²) >= 11 is 0. The summed E-state index contributed by atoms with van der Waals surface area (Å²) in [7, 11) is -7.63. The number of fused-ring (bicyclic) bond motifs is 2. The second-order valence-electron chi connectivity index (χ2n) is 6.64. The average molecular weight is 451 g/mol. The van der Waals surface area contributed by atoms with Gasteiger partial charge in [0.2, 0.25) is 5.95 Å². The van der Waals surface area contributed by atoms with E-state index < -0.39 is 47.8 Å². The summed E-state index contributed by atoms with van der Waals surface area (Å²) in [4.78, 5) is 32.1. The van der Waals surface area contributed by atoms with Crippen molar-refractivity contribution in [1.29, 1.82) is 0 Å². The molecule has 0 bridgehead atoms. The van der Waals surface area contributed by atoms with Crippen LogP contribution in [0.1, 0.15) is 6.23 Å². The first-order valence-electron chi connectivity index (χ1n) is 8.37. The van der Waals surface area contributed by atoms with Crippen LogP contribution in [0.2, 0.25) is 0 Å². The molecule has 0 radical (unpaired) electrons. The average Bonchev–Trinajstić information content (AvgIpc) is 3.14. The first kappa shape index (κ1) is 20.4. The van der Waals surface area contributed by atoms with E-state index in [0.29, 0.717) is 0 Å². The molecular formula is C13H18N5O9PS. The van der Waals surface area contributed by atoms with Gasteiger partial charge in [0, 0.05) is 6.26 Å². The first-order valence-corrected chi connectivity index (χ1v) is 11.9. The predicted octanol–water partition coefficient (Wildman–Crippen LogP) is -1.46. The van der Waals surface area contributed by atoms with Gasteiger partial charge in [0.05, 0.1) is 25.3 Å². The molecule has 5 atom stereocenters. The van der Waals surface area contributed by atoms with E-state index in [-0.39, 0.29) is 36.1 Å². The van der Waals surface area contributed by atoms with Gasteiger partial charge >= 0.3 is 7.82 Å². The number of aromatic nitrogens is 4. The zero-order chi connectivity index (χ0) is 21.0. The van der Waals surface area contributed by atoms with Crippen LogP contribution in [0.3, 0.4) is 0 Å². The topological polar surface area (TPSA) is 198 Å². The number of aromatic amines is 1. The maximum Gasteiger partial charge on any atom is 0.472 e. The molecule has 0 spiro atoms. The number of hydrogen-bond acceptors (Lipinski definition) is 11. The van der Waals surface area contributed by atoms with E-state index in [9.17, 15) is 22.7 Å². The Kier molecular flexibility index (Phi) is 5.01. The zero-order valence-electron chi connectivity index (χ0n) is 15.0. The number of anilines is 1. The Labute approximate surface area is 163 Å². The lowest BCUT2D eigenvalue weighted by atomic mass is 10.1. The smallest absolute Gasteiger partial charge is 0.370 e. The largest absolute Gasteiger partial charge is 0.472 e. The number of hydrogen-bond donors (Lipinski definition) is 3. The summed E-state index contributed by atoms with van der Waals surface area (Å²) in [6, 6.07) is 0. The molecule has 160 valence electrons. The van der Waals surface area contributed by atoms with E-state index >= 15 is 0 Å². The van der Waals surface area contributed by atoms with Gasteiger partial charge in [-0.1, -0.05) is 0 Å². The van der Waals surface area contributed by atoms with Crippen LogP contribution in [0.15, 0.2) is 11.1 Å². The van der Waals surface area contributed by atoms with Crippen molar-refractivity contribution in [1.82, 2.24) is 19.5 Å². The van der Waals surface area contributed by atoms with Crippen LogP contribution in [0.25, 0.3) is 11.2 Å². The number of nitrogens with zero attached hydrogens (tertiary/aromatic N) is 3. The summed E-state index contributed by atoms with van der Waals surface area (Å²) in [5, 5.41) is 0. The highest BCUT2D eigenvalue weighted by atomic mass is 32.2. The van der Waals surface area contributed by atoms with E-state index in [1.807, 2.05) is 0 Å². The van der Waals surface area contributed by atoms with Crippen LogP contribution < -0.4 is 11.3 Å². The van der Waals surface area contributed by atoms with Crippen LogP contribution in [-0.4, -0.2) is 76.4 Å². The summed E-state index contributed by atoms with van der Waals surface area (Å²) in [6.07, 6.45) is -1.48. The molecule has 29 heavy (non-hydrogen) atoms. The van der Waals surface area contributed by atoms with Crippen molar-refractivity contribution in [3.05, 3.63) is 16.7 Å². The maximum absolute atomic E-state index is 12.0. The Hall–Kier alpha value is -1.87. The number of nitrogen functional groups attached to an aromatic ring is 1. The fourth-order valence-electron chi connectivity index (χ4n) is 3.19. The Morgan fingerprint density at radius 1 is 1.52 bits per heavy atom. The lowest BCUT2D eigenvalue weighted by Gasteiger charge is -2.29. The van der Waals surface area contributed by atoms with E-state index in [4.69, 9.17) is 24.3 Å². The standard InChI is InChI=1S/C13H18N5O9PS/c1-29(22,23)3-2-24-9-8-6(4-25-28(20,21)27-8)26-12(9)18-5-15-7-10(18)16-13(14)17-11(7)19/h5-6,8-9,12H,2-4H2,1H3,(H,20,21)(H3,14,16,17,19)/t6-,8-,9-,12-/m1/s1. The SMILES string of the molecule is CS(=O)(=O)CCO[C@@H]1[C@@H]2OP(=O)(O)OC[C@H]2O[C@H]1n1cnc2c(=O)[nH]c(N)nc21. The fourth-order valence-corrected chi connectivity index (χ4v) is 4.55. The zero-order valence-corrected chi connectivity index (χ0v) is 16.7. The van der Waals surface area contributed by atoms with Crippen LogP contribution in [-0.2, 0) is 32.9 Å². The lowest BCUT2D eigenvalue weighted by molar-refractivity contribution is -0.0675. The molecule has 16 heteroatoms. The van der Waals surface area contributed by atoms with E-state index in [1.54, 1.807) is 0 Å². The number of sulfone groups is 1. The molecule has 2 saturated heterocycles. The highest BCUT2D eigenvalue weighted by molar-refractivity contribution is 7.90. The molecule has 4 rings (SSSR count). The van der Waals surface area contributed by atoms with Crippen LogP contribution in [0, 0.1) is 0 Å². The molecule has 4 heterocycles. The first-order chi connectivity index (χ1) is 13.5. The van der Waals surface area contributed by atoms with E-state index in [2.05, 4.69) is 15.0 Å². The Balaban J connectivity index is 1.70. The molecule has 1 unspecified atom stereocenters. The maximum atomic E-state index is 12.0. The Bertz CT molecular complexity index is 1150. The molecule has 0 saturated carbocycles. The quantitative estimate of drug-likeness (QED) is 0.447. The number of ether oxygens (including phenoxy) is 2. The highest BCUT2D eigenvalue weighted by Gasteiger charge is 2.54. The number of phosphoric acid groups is 1. The Morgan fingerprint density at radius 3 is 3.00 bits per heavy atom. The minimum atomic E-state index is -4.32. The molecule has 14 nitrogen and oxygen atoms in total. The van der Waals surface area contributed by atoms with Gasteiger partial charge in [0.1, 0.15) is 28.1 Å². The lowest BCUT2D eigenvalue weighted by Crippen LogP contribution is -2.41. The fraction of sp³-hybridized carbons (Fsp3) is 0.615. The van der Waals surface area contributed by atoms with Crippen molar-refractivity contribution in [2.24, 2.45) is 0 Å². The molecule has 2 aliphatic rings. The molecule has 0 amide bonds. The monoisotopic (exact) mass is 451 g/mol. The Morgan fingerprint density at radius 2 is 2.28 bits per heavy atom. The second-order valence-corrected chi connectivity index (χ2v) is 10.3. The molecule has 0 aromatic carbocycles. The van der Waals surface area contributed by atoms with Gasteiger partial charge in [0.15, 0.2) is 17.4 Å². The van der Waals surface area contributed by atoms with Crippen LogP contribution >= 0.6 is 7.82 Å². The van der Waals surface area contributed by atoms with Crippen molar-refractivity contribution in [2.45, 2.75) is 24.5 Å². The predicted molar refractivity (Wildman–Crippen MR) is 96.6 cm³/mol. The van der Waals surface area contributed by atoms with Gasteiger partial charge in [-0.2, -0.15) is 4.98 Å². The third kappa shape index (κ3) is 4.07. The van der Waals surface area contributed by atoms with Gasteiger partial charge in [-0.15, -0.1) is 0 Å². The molecule has 2 fully saturated rings. The number of H-pyrrole nitrogens is 1. The molecular weight excluding hydrogens is 433 g/mol. The van der Waals surface area contributed by atoms with Crippen molar-refractivity contribution in [3.8, 4) is 0 Å². The van der Waals surface area contributed by atoms with Crippen molar-refractivity contribution < 1.29 is 36.4 Å². The van der Waals surface area contributed by atoms with Crippen LogP contribution in [0.4, 0.5) is 5.95 Å². The van der Waals surface area contributed by atoms with E-state index in [0.717, 1.165) is 6.26 Å². The number of nitrogens with one attached hydrogen (secondary N) is 1.